The Hall–Kier alpha value is -3.12. The third kappa shape index (κ3) is 3.45. The number of para-hydroxylation sites is 1. The lowest BCUT2D eigenvalue weighted by atomic mass is 10.1. The van der Waals surface area contributed by atoms with Gasteiger partial charge in [-0.1, -0.05) is 35.9 Å². The Labute approximate surface area is 155 Å². The predicted octanol–water partition coefficient (Wildman–Crippen LogP) is 3.41. The first-order valence-corrected chi connectivity index (χ1v) is 8.28. The van der Waals surface area contributed by atoms with Crippen molar-refractivity contribution in [3.8, 4) is 5.75 Å². The van der Waals surface area contributed by atoms with E-state index >= 15 is 0 Å². The van der Waals surface area contributed by atoms with Crippen LogP contribution in [0.25, 0.3) is 6.08 Å². The molecule has 1 aliphatic rings. The number of nitrogens with one attached hydrogen (secondary N) is 1. The Balaban J connectivity index is 1.96. The summed E-state index contributed by atoms with van der Waals surface area (Å²) < 4.78 is 5.36. The molecule has 3 rings (SSSR count). The molecule has 2 aromatic rings. The fourth-order valence-corrected chi connectivity index (χ4v) is 2.72. The summed E-state index contributed by atoms with van der Waals surface area (Å²) in [5, 5.41) is 2.39. The normalized spacial score (nSPS) is 16.0. The Morgan fingerprint density at radius 3 is 2.42 bits per heavy atom. The van der Waals surface area contributed by atoms with Crippen molar-refractivity contribution in [2.24, 2.45) is 0 Å². The minimum atomic E-state index is -0.836. The molecule has 1 heterocycles. The summed E-state index contributed by atoms with van der Waals surface area (Å²) >= 11 is 6.09. The fourth-order valence-electron chi connectivity index (χ4n) is 2.50. The Morgan fingerprint density at radius 1 is 1.08 bits per heavy atom. The van der Waals surface area contributed by atoms with Crippen LogP contribution in [0.2, 0.25) is 5.02 Å². The second-order valence-corrected chi connectivity index (χ2v) is 5.82. The Morgan fingerprint density at radius 2 is 1.77 bits per heavy atom. The van der Waals surface area contributed by atoms with Gasteiger partial charge in [0, 0.05) is 0 Å². The average Bonchev–Trinajstić information content (AvgIpc) is 2.62. The number of ether oxygens (including phenoxy) is 1. The summed E-state index contributed by atoms with van der Waals surface area (Å²) in [6, 6.07) is 12.5. The molecular weight excluding hydrogens is 356 g/mol. The molecule has 2 aromatic carbocycles. The number of barbiturate groups is 1. The van der Waals surface area contributed by atoms with Gasteiger partial charge in [-0.25, -0.2) is 9.69 Å². The number of benzene rings is 2. The lowest BCUT2D eigenvalue weighted by Gasteiger charge is -2.27. The molecule has 4 amide bonds. The second-order valence-electron chi connectivity index (χ2n) is 5.41. The molecule has 26 heavy (non-hydrogen) atoms. The van der Waals surface area contributed by atoms with E-state index in [1.807, 2.05) is 6.92 Å². The monoisotopic (exact) mass is 370 g/mol. The van der Waals surface area contributed by atoms with E-state index in [0.29, 0.717) is 17.9 Å². The van der Waals surface area contributed by atoms with Gasteiger partial charge in [0.2, 0.25) is 0 Å². The first-order chi connectivity index (χ1) is 12.5. The van der Waals surface area contributed by atoms with Gasteiger partial charge in [-0.15, -0.1) is 0 Å². The van der Waals surface area contributed by atoms with Crippen LogP contribution in [0.5, 0.6) is 5.75 Å². The van der Waals surface area contributed by atoms with Crippen LogP contribution in [0.15, 0.2) is 54.1 Å². The molecule has 132 valence electrons. The van der Waals surface area contributed by atoms with Gasteiger partial charge in [0.05, 0.1) is 17.3 Å². The molecule has 0 unspecified atom stereocenters. The van der Waals surface area contributed by atoms with E-state index in [4.69, 9.17) is 16.3 Å². The van der Waals surface area contributed by atoms with Crippen molar-refractivity contribution in [1.29, 1.82) is 0 Å². The minimum absolute atomic E-state index is 0.159. The van der Waals surface area contributed by atoms with Gasteiger partial charge >= 0.3 is 6.03 Å². The van der Waals surface area contributed by atoms with Gasteiger partial charge in [-0.3, -0.25) is 14.9 Å². The number of rotatable bonds is 4. The zero-order chi connectivity index (χ0) is 18.7. The SMILES string of the molecule is CCOc1ccc(/C=C2\C(=O)NC(=O)N(c3ccccc3Cl)C2=O)cc1. The molecule has 1 saturated heterocycles. The summed E-state index contributed by atoms with van der Waals surface area (Å²) in [6.07, 6.45) is 1.42. The quantitative estimate of drug-likeness (QED) is 0.661. The van der Waals surface area contributed by atoms with E-state index in [1.54, 1.807) is 42.5 Å². The van der Waals surface area contributed by atoms with Crippen LogP contribution in [0.3, 0.4) is 0 Å². The van der Waals surface area contributed by atoms with Gasteiger partial charge in [-0.05, 0) is 42.8 Å². The number of anilines is 1. The lowest BCUT2D eigenvalue weighted by molar-refractivity contribution is -0.122. The molecule has 0 aromatic heterocycles. The molecule has 0 radical (unpaired) electrons. The molecule has 0 bridgehead atoms. The van der Waals surface area contributed by atoms with Crippen molar-refractivity contribution in [3.63, 3.8) is 0 Å². The number of hydrogen-bond donors (Lipinski definition) is 1. The highest BCUT2D eigenvalue weighted by atomic mass is 35.5. The van der Waals surface area contributed by atoms with Crippen molar-refractivity contribution < 1.29 is 19.1 Å². The van der Waals surface area contributed by atoms with Crippen molar-refractivity contribution in [2.75, 3.05) is 11.5 Å². The summed E-state index contributed by atoms with van der Waals surface area (Å²) in [5.41, 5.74) is 0.677. The second kappa shape index (κ2) is 7.41. The number of imide groups is 2. The molecule has 6 nitrogen and oxygen atoms in total. The smallest absolute Gasteiger partial charge is 0.335 e. The number of carbonyl (C=O) groups is 3. The molecular formula is C19H15ClN2O4. The van der Waals surface area contributed by atoms with Gasteiger partial charge in [0.1, 0.15) is 11.3 Å². The fraction of sp³-hybridized carbons (Fsp3) is 0.105. The maximum atomic E-state index is 12.8. The van der Waals surface area contributed by atoms with E-state index in [0.717, 1.165) is 4.90 Å². The number of amides is 4. The van der Waals surface area contributed by atoms with Gasteiger partial charge < -0.3 is 4.74 Å². The van der Waals surface area contributed by atoms with Gasteiger partial charge in [-0.2, -0.15) is 0 Å². The first kappa shape index (κ1) is 17.7. The van der Waals surface area contributed by atoms with Gasteiger partial charge in [0.15, 0.2) is 0 Å². The number of hydrogen-bond acceptors (Lipinski definition) is 4. The molecule has 0 atom stereocenters. The van der Waals surface area contributed by atoms with E-state index in [2.05, 4.69) is 5.32 Å². The number of nitrogens with zero attached hydrogens (tertiary/aromatic N) is 1. The van der Waals surface area contributed by atoms with Crippen molar-refractivity contribution in [3.05, 3.63) is 64.7 Å². The number of urea groups is 1. The topological polar surface area (TPSA) is 75.7 Å². The van der Waals surface area contributed by atoms with Crippen LogP contribution >= 0.6 is 11.6 Å². The highest BCUT2D eigenvalue weighted by Gasteiger charge is 2.37. The molecule has 1 fully saturated rings. The zero-order valence-corrected chi connectivity index (χ0v) is 14.6. The summed E-state index contributed by atoms with van der Waals surface area (Å²) in [4.78, 5) is 37.9. The van der Waals surface area contributed by atoms with Crippen molar-refractivity contribution in [2.45, 2.75) is 6.92 Å². The molecule has 1 N–H and O–H groups in total. The van der Waals surface area contributed by atoms with Crippen LogP contribution in [-0.4, -0.2) is 24.5 Å². The van der Waals surface area contributed by atoms with E-state index in [-0.39, 0.29) is 16.3 Å². The highest BCUT2D eigenvalue weighted by Crippen LogP contribution is 2.28. The maximum Gasteiger partial charge on any atom is 0.335 e. The summed E-state index contributed by atoms with van der Waals surface area (Å²) in [7, 11) is 0. The minimum Gasteiger partial charge on any atom is -0.494 e. The molecule has 0 saturated carbocycles. The third-order valence-corrected chi connectivity index (χ3v) is 4.02. The predicted molar refractivity (Wildman–Crippen MR) is 98.1 cm³/mol. The Bertz CT molecular complexity index is 906. The van der Waals surface area contributed by atoms with E-state index in [9.17, 15) is 14.4 Å². The van der Waals surface area contributed by atoms with Crippen LogP contribution in [0.1, 0.15) is 12.5 Å². The van der Waals surface area contributed by atoms with Crippen molar-refractivity contribution >= 4 is 41.2 Å². The average molecular weight is 371 g/mol. The largest absolute Gasteiger partial charge is 0.494 e. The van der Waals surface area contributed by atoms with Crippen molar-refractivity contribution in [1.82, 2.24) is 5.32 Å². The van der Waals surface area contributed by atoms with Crippen LogP contribution in [0, 0.1) is 0 Å². The molecule has 0 spiro atoms. The maximum absolute atomic E-state index is 12.8. The summed E-state index contributed by atoms with van der Waals surface area (Å²) in [5.74, 6) is -0.806. The van der Waals surface area contributed by atoms with E-state index < -0.39 is 17.8 Å². The molecule has 7 heteroatoms. The number of carbonyl (C=O) groups excluding carboxylic acids is 3. The van der Waals surface area contributed by atoms with Crippen LogP contribution < -0.4 is 15.0 Å². The highest BCUT2D eigenvalue weighted by molar-refractivity contribution is 6.42. The molecule has 1 aliphatic heterocycles. The number of halogens is 1. The first-order valence-electron chi connectivity index (χ1n) is 7.90. The van der Waals surface area contributed by atoms with Crippen LogP contribution in [0.4, 0.5) is 10.5 Å². The zero-order valence-electron chi connectivity index (χ0n) is 13.9. The van der Waals surface area contributed by atoms with E-state index in [1.165, 1.54) is 12.1 Å². The third-order valence-electron chi connectivity index (χ3n) is 3.70. The lowest BCUT2D eigenvalue weighted by Crippen LogP contribution is -2.54. The standard InChI is InChI=1S/C19H15ClN2O4/c1-2-26-13-9-7-12(8-10-13)11-14-17(23)21-19(25)22(18(14)24)16-6-4-3-5-15(16)20/h3-11H,2H2,1H3,(H,21,23,25)/b14-11+. The molecule has 0 aliphatic carbocycles. The summed E-state index contributed by atoms with van der Waals surface area (Å²) in [6.45, 7) is 2.41. The van der Waals surface area contributed by atoms with Crippen LogP contribution in [-0.2, 0) is 9.59 Å². The van der Waals surface area contributed by atoms with Gasteiger partial charge in [0.25, 0.3) is 11.8 Å². The Kier molecular flexibility index (Phi) is 5.04.